The summed E-state index contributed by atoms with van der Waals surface area (Å²) in [7, 11) is 2.09. The molecule has 0 radical (unpaired) electrons. The summed E-state index contributed by atoms with van der Waals surface area (Å²) in [6.45, 7) is 5.02. The summed E-state index contributed by atoms with van der Waals surface area (Å²) in [6, 6.07) is 14.8. The molecule has 0 bridgehead atoms. The fourth-order valence-corrected chi connectivity index (χ4v) is 2.45. The maximum atomic E-state index is 5.70. The molecule has 0 aliphatic heterocycles. The number of benzene rings is 2. The first kappa shape index (κ1) is 14.5. The Morgan fingerprint density at radius 2 is 1.75 bits per heavy atom. The van der Waals surface area contributed by atoms with Gasteiger partial charge in [0.05, 0.1) is 0 Å². The molecule has 0 heterocycles. The minimum Gasteiger partial charge on any atom is -0.389 e. The minimum absolute atomic E-state index is 0.454. The van der Waals surface area contributed by atoms with Crippen LogP contribution in [0.4, 0.5) is 5.69 Å². The highest BCUT2D eigenvalue weighted by Crippen LogP contribution is 2.20. The fourth-order valence-electron chi connectivity index (χ4n) is 2.22. The van der Waals surface area contributed by atoms with E-state index in [1.54, 1.807) is 0 Å². The maximum Gasteiger partial charge on any atom is 0.104 e. The average molecular weight is 284 g/mol. The molecule has 0 unspecified atom stereocenters. The largest absolute Gasteiger partial charge is 0.389 e. The van der Waals surface area contributed by atoms with Crippen LogP contribution in [0.1, 0.15) is 22.3 Å². The Hall–Kier alpha value is -1.87. The van der Waals surface area contributed by atoms with Crippen LogP contribution >= 0.6 is 12.2 Å². The second kappa shape index (κ2) is 6.06. The van der Waals surface area contributed by atoms with Crippen LogP contribution in [0, 0.1) is 13.8 Å². The summed E-state index contributed by atoms with van der Waals surface area (Å²) in [5, 5.41) is 0. The molecule has 20 heavy (non-hydrogen) atoms. The molecule has 2 nitrogen and oxygen atoms in total. The van der Waals surface area contributed by atoms with Crippen LogP contribution in [0.25, 0.3) is 0 Å². The van der Waals surface area contributed by atoms with Gasteiger partial charge in [0, 0.05) is 24.8 Å². The van der Waals surface area contributed by atoms with Gasteiger partial charge in [-0.1, -0.05) is 42.0 Å². The highest BCUT2D eigenvalue weighted by Gasteiger charge is 2.06. The third-order valence-electron chi connectivity index (χ3n) is 3.46. The van der Waals surface area contributed by atoms with Crippen LogP contribution in [0.15, 0.2) is 42.5 Å². The van der Waals surface area contributed by atoms with Crippen LogP contribution in [0.2, 0.25) is 0 Å². The molecule has 2 aromatic carbocycles. The number of rotatable bonds is 4. The quantitative estimate of drug-likeness (QED) is 0.870. The van der Waals surface area contributed by atoms with Crippen LogP contribution in [-0.2, 0) is 6.54 Å². The summed E-state index contributed by atoms with van der Waals surface area (Å²) >= 11 is 5.04. The fraction of sp³-hybridized carbons (Fsp3) is 0.235. The first-order chi connectivity index (χ1) is 9.47. The number of thiocarbonyl (C=S) groups is 1. The maximum absolute atomic E-state index is 5.70. The average Bonchev–Trinajstić information content (AvgIpc) is 2.40. The van der Waals surface area contributed by atoms with E-state index in [1.165, 1.54) is 16.8 Å². The molecule has 0 aromatic heterocycles. The smallest absolute Gasteiger partial charge is 0.104 e. The zero-order valence-electron chi connectivity index (χ0n) is 12.2. The highest BCUT2D eigenvalue weighted by molar-refractivity contribution is 7.80. The second-order valence-corrected chi connectivity index (χ2v) is 5.64. The minimum atomic E-state index is 0.454. The van der Waals surface area contributed by atoms with Crippen LogP contribution < -0.4 is 10.6 Å². The second-order valence-electron chi connectivity index (χ2n) is 5.21. The van der Waals surface area contributed by atoms with Crippen molar-refractivity contribution in [3.63, 3.8) is 0 Å². The Labute approximate surface area is 126 Å². The van der Waals surface area contributed by atoms with Crippen molar-refractivity contribution in [2.24, 2.45) is 5.73 Å². The molecule has 0 fully saturated rings. The van der Waals surface area contributed by atoms with Crippen molar-refractivity contribution in [2.45, 2.75) is 20.4 Å². The van der Waals surface area contributed by atoms with Gasteiger partial charge in [0.15, 0.2) is 0 Å². The number of hydrogen-bond donors (Lipinski definition) is 1. The van der Waals surface area contributed by atoms with Gasteiger partial charge in [-0.05, 0) is 43.2 Å². The van der Waals surface area contributed by atoms with Gasteiger partial charge in [-0.25, -0.2) is 0 Å². The van der Waals surface area contributed by atoms with Gasteiger partial charge in [-0.2, -0.15) is 0 Å². The lowest BCUT2D eigenvalue weighted by Crippen LogP contribution is -2.17. The summed E-state index contributed by atoms with van der Waals surface area (Å²) in [6.07, 6.45) is 0. The third kappa shape index (κ3) is 3.36. The molecule has 3 heteroatoms. The Balaban J connectivity index is 2.17. The Morgan fingerprint density at radius 3 is 2.30 bits per heavy atom. The summed E-state index contributed by atoms with van der Waals surface area (Å²) in [5.41, 5.74) is 11.5. The zero-order chi connectivity index (χ0) is 14.7. The number of nitrogens with two attached hydrogens (primary N) is 1. The van der Waals surface area contributed by atoms with Gasteiger partial charge in [0.25, 0.3) is 0 Å². The molecule has 0 atom stereocenters. The molecule has 0 spiro atoms. The number of hydrogen-bond acceptors (Lipinski definition) is 2. The highest BCUT2D eigenvalue weighted by atomic mass is 32.1. The van der Waals surface area contributed by atoms with E-state index >= 15 is 0 Å². The van der Waals surface area contributed by atoms with Gasteiger partial charge in [-0.3, -0.25) is 0 Å². The molecule has 2 N–H and O–H groups in total. The van der Waals surface area contributed by atoms with E-state index in [9.17, 15) is 0 Å². The summed E-state index contributed by atoms with van der Waals surface area (Å²) in [5.74, 6) is 0. The molecule has 0 aliphatic rings. The normalized spacial score (nSPS) is 10.3. The first-order valence-corrected chi connectivity index (χ1v) is 7.05. The van der Waals surface area contributed by atoms with Gasteiger partial charge in [0.2, 0.25) is 0 Å². The Kier molecular flexibility index (Phi) is 4.40. The number of anilines is 1. The van der Waals surface area contributed by atoms with E-state index in [1.807, 2.05) is 13.0 Å². The standard InChI is InChI=1S/C17H20N2S/c1-12-4-6-14(7-5-12)11-19(3)15-8-9-16(17(18)20)13(2)10-15/h4-10H,11H2,1-3H3,(H2,18,20). The lowest BCUT2D eigenvalue weighted by molar-refractivity contribution is 0.921. The molecule has 0 saturated carbocycles. The molecule has 2 aromatic rings. The molecule has 0 amide bonds. The van der Waals surface area contributed by atoms with Gasteiger partial charge in [0.1, 0.15) is 4.99 Å². The predicted molar refractivity (Wildman–Crippen MR) is 90.4 cm³/mol. The van der Waals surface area contributed by atoms with Crippen LogP contribution in [0.5, 0.6) is 0 Å². The number of nitrogens with zero attached hydrogens (tertiary/aromatic N) is 1. The monoisotopic (exact) mass is 284 g/mol. The molecule has 104 valence electrons. The van der Waals surface area contributed by atoms with Crippen molar-refractivity contribution in [3.05, 3.63) is 64.7 Å². The van der Waals surface area contributed by atoms with E-state index < -0.39 is 0 Å². The molecule has 2 rings (SSSR count). The van der Waals surface area contributed by atoms with E-state index in [0.29, 0.717) is 4.99 Å². The van der Waals surface area contributed by atoms with Crippen molar-refractivity contribution < 1.29 is 0 Å². The van der Waals surface area contributed by atoms with Crippen LogP contribution in [-0.4, -0.2) is 12.0 Å². The third-order valence-corrected chi connectivity index (χ3v) is 3.68. The molecule has 0 aliphatic carbocycles. The van der Waals surface area contributed by atoms with E-state index in [0.717, 1.165) is 17.7 Å². The van der Waals surface area contributed by atoms with E-state index in [-0.39, 0.29) is 0 Å². The lowest BCUT2D eigenvalue weighted by Gasteiger charge is -2.21. The molecular weight excluding hydrogens is 264 g/mol. The Bertz CT molecular complexity index is 617. The Morgan fingerprint density at radius 1 is 1.10 bits per heavy atom. The van der Waals surface area contributed by atoms with E-state index in [4.69, 9.17) is 18.0 Å². The van der Waals surface area contributed by atoms with Gasteiger partial charge in [-0.15, -0.1) is 0 Å². The van der Waals surface area contributed by atoms with Gasteiger partial charge >= 0.3 is 0 Å². The molecule has 0 saturated heterocycles. The summed E-state index contributed by atoms with van der Waals surface area (Å²) in [4.78, 5) is 2.68. The zero-order valence-corrected chi connectivity index (χ0v) is 13.0. The predicted octanol–water partition coefficient (Wildman–Crippen LogP) is 3.57. The van der Waals surface area contributed by atoms with E-state index in [2.05, 4.69) is 55.3 Å². The van der Waals surface area contributed by atoms with Crippen molar-refractivity contribution in [3.8, 4) is 0 Å². The SMILES string of the molecule is Cc1ccc(CN(C)c2ccc(C(N)=S)c(C)c2)cc1. The summed E-state index contributed by atoms with van der Waals surface area (Å²) < 4.78 is 0. The topological polar surface area (TPSA) is 29.3 Å². The molecular formula is C17H20N2S. The number of aryl methyl sites for hydroxylation is 2. The van der Waals surface area contributed by atoms with Gasteiger partial charge < -0.3 is 10.6 Å². The van der Waals surface area contributed by atoms with Crippen molar-refractivity contribution >= 4 is 22.9 Å². The first-order valence-electron chi connectivity index (χ1n) is 6.64. The van der Waals surface area contributed by atoms with Crippen LogP contribution in [0.3, 0.4) is 0 Å². The lowest BCUT2D eigenvalue weighted by atomic mass is 10.1. The van der Waals surface area contributed by atoms with Crippen molar-refractivity contribution in [2.75, 3.05) is 11.9 Å². The van der Waals surface area contributed by atoms with Crippen molar-refractivity contribution in [1.29, 1.82) is 0 Å². The van der Waals surface area contributed by atoms with Crippen molar-refractivity contribution in [1.82, 2.24) is 0 Å².